The van der Waals surface area contributed by atoms with E-state index in [1.165, 1.54) is 4.31 Å². The van der Waals surface area contributed by atoms with E-state index in [0.29, 0.717) is 32.8 Å². The first-order chi connectivity index (χ1) is 9.10. The maximum Gasteiger partial charge on any atom is 0.215 e. The third-order valence-electron chi connectivity index (χ3n) is 3.31. The van der Waals surface area contributed by atoms with Crippen molar-refractivity contribution < 1.29 is 13.2 Å². The van der Waals surface area contributed by atoms with Gasteiger partial charge in [0.2, 0.25) is 10.0 Å². The average molecular weight is 293 g/mol. The summed E-state index contributed by atoms with van der Waals surface area (Å²) in [6, 6.07) is 0. The van der Waals surface area contributed by atoms with Crippen molar-refractivity contribution in [1.29, 1.82) is 0 Å². The Kier molecular flexibility index (Phi) is 7.86. The first-order valence-electron chi connectivity index (χ1n) is 7.08. The zero-order chi connectivity index (χ0) is 14.1. The maximum absolute atomic E-state index is 12.2. The molecule has 114 valence electrons. The van der Waals surface area contributed by atoms with Gasteiger partial charge in [-0.3, -0.25) is 4.90 Å². The summed E-state index contributed by atoms with van der Waals surface area (Å²) in [6.07, 6.45) is 0. The van der Waals surface area contributed by atoms with Crippen LogP contribution in [0.25, 0.3) is 0 Å². The second-order valence-corrected chi connectivity index (χ2v) is 6.68. The smallest absolute Gasteiger partial charge is 0.215 e. The van der Waals surface area contributed by atoms with Crippen LogP contribution in [-0.4, -0.2) is 82.4 Å². The molecular weight excluding hydrogens is 266 g/mol. The Labute approximate surface area is 117 Å². The summed E-state index contributed by atoms with van der Waals surface area (Å²) in [7, 11) is -3.16. The monoisotopic (exact) mass is 293 g/mol. The number of piperazine rings is 1. The molecule has 0 aromatic heterocycles. The van der Waals surface area contributed by atoms with Crippen LogP contribution in [0, 0.1) is 0 Å². The summed E-state index contributed by atoms with van der Waals surface area (Å²) < 4.78 is 31.2. The van der Waals surface area contributed by atoms with E-state index < -0.39 is 10.0 Å². The molecule has 1 rings (SSSR count). The molecule has 1 heterocycles. The fourth-order valence-corrected chi connectivity index (χ4v) is 3.61. The normalized spacial score (nSPS) is 18.1. The Morgan fingerprint density at radius 2 is 1.95 bits per heavy atom. The lowest BCUT2D eigenvalue weighted by Crippen LogP contribution is -2.46. The fourth-order valence-electron chi connectivity index (χ4n) is 2.11. The van der Waals surface area contributed by atoms with Gasteiger partial charge in [0.25, 0.3) is 0 Å². The van der Waals surface area contributed by atoms with Crippen molar-refractivity contribution in [3.63, 3.8) is 0 Å². The van der Waals surface area contributed by atoms with E-state index in [4.69, 9.17) is 4.74 Å². The van der Waals surface area contributed by atoms with Crippen LogP contribution < -0.4 is 5.32 Å². The molecule has 7 heteroatoms. The molecule has 1 saturated heterocycles. The largest absolute Gasteiger partial charge is 0.380 e. The molecule has 0 aliphatic carbocycles. The van der Waals surface area contributed by atoms with Gasteiger partial charge in [0, 0.05) is 52.4 Å². The van der Waals surface area contributed by atoms with Gasteiger partial charge in [0.15, 0.2) is 0 Å². The van der Waals surface area contributed by atoms with Crippen molar-refractivity contribution in [3.05, 3.63) is 0 Å². The molecule has 0 amide bonds. The Morgan fingerprint density at radius 3 is 2.53 bits per heavy atom. The van der Waals surface area contributed by atoms with Crippen molar-refractivity contribution in [3.8, 4) is 0 Å². The zero-order valence-electron chi connectivity index (χ0n) is 12.1. The molecule has 0 radical (unpaired) electrons. The molecule has 0 atom stereocenters. The van der Waals surface area contributed by atoms with Crippen LogP contribution in [0.3, 0.4) is 0 Å². The number of nitrogens with one attached hydrogen (secondary N) is 1. The molecule has 19 heavy (non-hydrogen) atoms. The third-order valence-corrected chi connectivity index (χ3v) is 5.24. The minimum Gasteiger partial charge on any atom is -0.380 e. The molecule has 1 aliphatic heterocycles. The number of rotatable bonds is 9. The Hall–Kier alpha value is -0.210. The standard InChI is InChI=1S/C12H27N3O3S/c1-3-15(9-11-18-4-2)19(16,17)12-10-14-7-5-13-6-8-14/h13H,3-12H2,1-2H3. The van der Waals surface area contributed by atoms with Gasteiger partial charge in [0.1, 0.15) is 0 Å². The second-order valence-electron chi connectivity index (χ2n) is 4.60. The molecule has 0 spiro atoms. The minimum absolute atomic E-state index is 0.201. The van der Waals surface area contributed by atoms with Crippen LogP contribution in [-0.2, 0) is 14.8 Å². The van der Waals surface area contributed by atoms with Gasteiger partial charge < -0.3 is 10.1 Å². The number of hydrogen-bond acceptors (Lipinski definition) is 5. The molecule has 1 fully saturated rings. The Morgan fingerprint density at radius 1 is 1.26 bits per heavy atom. The third kappa shape index (κ3) is 6.18. The van der Waals surface area contributed by atoms with E-state index in [1.807, 2.05) is 13.8 Å². The van der Waals surface area contributed by atoms with Crippen molar-refractivity contribution in [1.82, 2.24) is 14.5 Å². The van der Waals surface area contributed by atoms with E-state index in [0.717, 1.165) is 26.2 Å². The van der Waals surface area contributed by atoms with Gasteiger partial charge in [-0.05, 0) is 6.92 Å². The second kappa shape index (κ2) is 8.86. The Balaban J connectivity index is 2.38. The molecule has 0 aromatic rings. The summed E-state index contributed by atoms with van der Waals surface area (Å²) in [4.78, 5) is 2.20. The SMILES string of the molecule is CCOCCN(CC)S(=O)(=O)CCN1CCNCC1. The first kappa shape index (κ1) is 16.8. The Bertz CT molecular complexity index is 329. The van der Waals surface area contributed by atoms with Crippen LogP contribution in [0.15, 0.2) is 0 Å². The van der Waals surface area contributed by atoms with E-state index in [-0.39, 0.29) is 5.75 Å². The molecule has 6 nitrogen and oxygen atoms in total. The lowest BCUT2D eigenvalue weighted by molar-refractivity contribution is 0.135. The fraction of sp³-hybridized carbons (Fsp3) is 1.00. The summed E-state index contributed by atoms with van der Waals surface area (Å²) >= 11 is 0. The van der Waals surface area contributed by atoms with Gasteiger partial charge >= 0.3 is 0 Å². The molecule has 0 bridgehead atoms. The molecule has 1 N–H and O–H groups in total. The highest BCUT2D eigenvalue weighted by molar-refractivity contribution is 7.89. The molecule has 0 saturated carbocycles. The minimum atomic E-state index is -3.16. The van der Waals surface area contributed by atoms with Crippen LogP contribution in [0.2, 0.25) is 0 Å². The first-order valence-corrected chi connectivity index (χ1v) is 8.69. The van der Waals surface area contributed by atoms with Gasteiger partial charge in [-0.25, -0.2) is 8.42 Å². The highest BCUT2D eigenvalue weighted by Gasteiger charge is 2.21. The van der Waals surface area contributed by atoms with E-state index in [2.05, 4.69) is 10.2 Å². The van der Waals surface area contributed by atoms with Crippen molar-refractivity contribution >= 4 is 10.0 Å². The van der Waals surface area contributed by atoms with Gasteiger partial charge in [0.05, 0.1) is 12.4 Å². The van der Waals surface area contributed by atoms with Crippen LogP contribution >= 0.6 is 0 Å². The van der Waals surface area contributed by atoms with Crippen LogP contribution in [0.1, 0.15) is 13.8 Å². The zero-order valence-corrected chi connectivity index (χ0v) is 12.9. The molecule has 0 unspecified atom stereocenters. The summed E-state index contributed by atoms with van der Waals surface area (Å²) in [5.74, 6) is 0.201. The van der Waals surface area contributed by atoms with Gasteiger partial charge in [-0.2, -0.15) is 4.31 Å². The summed E-state index contributed by atoms with van der Waals surface area (Å²) in [5, 5.41) is 3.26. The predicted molar refractivity (Wildman–Crippen MR) is 76.8 cm³/mol. The number of nitrogens with zero attached hydrogens (tertiary/aromatic N) is 2. The van der Waals surface area contributed by atoms with Gasteiger partial charge in [-0.1, -0.05) is 6.92 Å². The quantitative estimate of drug-likeness (QED) is 0.585. The number of sulfonamides is 1. The highest BCUT2D eigenvalue weighted by atomic mass is 32.2. The topological polar surface area (TPSA) is 61.9 Å². The molecular formula is C12H27N3O3S. The number of hydrogen-bond donors (Lipinski definition) is 1. The van der Waals surface area contributed by atoms with Crippen molar-refractivity contribution in [2.24, 2.45) is 0 Å². The lowest BCUT2D eigenvalue weighted by atomic mass is 10.4. The highest BCUT2D eigenvalue weighted by Crippen LogP contribution is 2.03. The summed E-state index contributed by atoms with van der Waals surface area (Å²) in [5.41, 5.74) is 0. The molecule has 1 aliphatic rings. The van der Waals surface area contributed by atoms with Crippen LogP contribution in [0.4, 0.5) is 0 Å². The van der Waals surface area contributed by atoms with Crippen molar-refractivity contribution in [2.45, 2.75) is 13.8 Å². The lowest BCUT2D eigenvalue weighted by Gasteiger charge is -2.28. The van der Waals surface area contributed by atoms with E-state index in [1.54, 1.807) is 0 Å². The number of likely N-dealkylation sites (N-methyl/N-ethyl adjacent to an activating group) is 1. The number of ether oxygens (including phenoxy) is 1. The van der Waals surface area contributed by atoms with Crippen molar-refractivity contribution in [2.75, 3.05) is 64.8 Å². The molecule has 0 aromatic carbocycles. The van der Waals surface area contributed by atoms with E-state index in [9.17, 15) is 8.42 Å². The average Bonchev–Trinajstić information content (AvgIpc) is 2.42. The van der Waals surface area contributed by atoms with Crippen LogP contribution in [0.5, 0.6) is 0 Å². The predicted octanol–water partition coefficient (Wildman–Crippen LogP) is -0.420. The van der Waals surface area contributed by atoms with Gasteiger partial charge in [-0.15, -0.1) is 0 Å². The summed E-state index contributed by atoms with van der Waals surface area (Å²) in [6.45, 7) is 10.2. The maximum atomic E-state index is 12.2. The van der Waals surface area contributed by atoms with E-state index >= 15 is 0 Å².